The monoisotopic (exact) mass is 237 g/mol. The molecule has 1 aliphatic carbocycles. The van der Waals surface area contributed by atoms with E-state index in [1.165, 1.54) is 64.5 Å². The topological polar surface area (TPSA) is 21.3 Å². The lowest BCUT2D eigenvalue weighted by Gasteiger charge is -2.50. The lowest BCUT2D eigenvalue weighted by Crippen LogP contribution is -2.51. The largest absolute Gasteiger partial charge is 0.380 e. The van der Waals surface area contributed by atoms with Crippen LogP contribution in [-0.4, -0.2) is 26.3 Å². The molecule has 0 spiro atoms. The molecule has 0 aromatic heterocycles. The van der Waals surface area contributed by atoms with Gasteiger partial charge >= 0.3 is 0 Å². The Kier molecular flexibility index (Phi) is 3.72. The van der Waals surface area contributed by atoms with E-state index in [1.54, 1.807) is 0 Å². The van der Waals surface area contributed by atoms with Crippen LogP contribution in [0.3, 0.4) is 0 Å². The van der Waals surface area contributed by atoms with Gasteiger partial charge in [-0.25, -0.2) is 0 Å². The summed E-state index contributed by atoms with van der Waals surface area (Å²) >= 11 is 0. The first kappa shape index (κ1) is 12.0. The molecule has 98 valence electrons. The Morgan fingerprint density at radius 1 is 1.00 bits per heavy atom. The Bertz CT molecular complexity index is 237. The van der Waals surface area contributed by atoms with Crippen molar-refractivity contribution in [2.24, 2.45) is 17.3 Å². The van der Waals surface area contributed by atoms with E-state index in [0.717, 1.165) is 25.0 Å². The lowest BCUT2D eigenvalue weighted by atomic mass is 9.63. The Hall–Kier alpha value is -0.0800. The molecule has 0 aromatic rings. The first-order valence-corrected chi connectivity index (χ1v) is 7.68. The molecule has 3 rings (SSSR count). The smallest absolute Gasteiger partial charge is 0.0547 e. The van der Waals surface area contributed by atoms with E-state index in [-0.39, 0.29) is 0 Å². The third-order valence-electron chi connectivity index (χ3n) is 5.34. The van der Waals surface area contributed by atoms with Crippen molar-refractivity contribution >= 4 is 0 Å². The lowest BCUT2D eigenvalue weighted by molar-refractivity contribution is -0.164. The summed E-state index contributed by atoms with van der Waals surface area (Å²) in [6, 6.07) is 0. The Morgan fingerprint density at radius 3 is 2.41 bits per heavy atom. The molecule has 1 N–H and O–H groups in total. The van der Waals surface area contributed by atoms with Gasteiger partial charge in [0.25, 0.3) is 0 Å². The molecule has 1 saturated carbocycles. The van der Waals surface area contributed by atoms with Gasteiger partial charge in [0.15, 0.2) is 0 Å². The number of ether oxygens (including phenoxy) is 1. The van der Waals surface area contributed by atoms with Crippen molar-refractivity contribution in [2.75, 3.05) is 26.3 Å². The summed E-state index contributed by atoms with van der Waals surface area (Å²) in [7, 11) is 0. The molecule has 1 atom stereocenters. The summed E-state index contributed by atoms with van der Waals surface area (Å²) in [4.78, 5) is 0. The normalized spacial score (nSPS) is 34.2. The quantitative estimate of drug-likeness (QED) is 0.815. The van der Waals surface area contributed by atoms with E-state index in [1.807, 2.05) is 0 Å². The molecule has 2 heteroatoms. The minimum Gasteiger partial charge on any atom is -0.380 e. The van der Waals surface area contributed by atoms with Crippen LogP contribution < -0.4 is 5.32 Å². The van der Waals surface area contributed by atoms with Crippen molar-refractivity contribution in [2.45, 2.75) is 51.4 Å². The van der Waals surface area contributed by atoms with Gasteiger partial charge in [0.1, 0.15) is 0 Å². The van der Waals surface area contributed by atoms with Gasteiger partial charge in [-0.3, -0.25) is 0 Å². The molecule has 17 heavy (non-hydrogen) atoms. The van der Waals surface area contributed by atoms with Gasteiger partial charge in [-0.15, -0.1) is 0 Å². The maximum Gasteiger partial charge on any atom is 0.0547 e. The van der Waals surface area contributed by atoms with Crippen LogP contribution in [0.2, 0.25) is 0 Å². The highest BCUT2D eigenvalue weighted by Crippen LogP contribution is 2.48. The van der Waals surface area contributed by atoms with Gasteiger partial charge in [0.05, 0.1) is 13.2 Å². The summed E-state index contributed by atoms with van der Waals surface area (Å²) in [5, 5.41) is 3.57. The van der Waals surface area contributed by atoms with Crippen LogP contribution >= 0.6 is 0 Å². The van der Waals surface area contributed by atoms with Gasteiger partial charge < -0.3 is 10.1 Å². The molecule has 2 nitrogen and oxygen atoms in total. The summed E-state index contributed by atoms with van der Waals surface area (Å²) in [5.41, 5.74) is 0.587. The molecule has 2 aliphatic heterocycles. The zero-order valence-corrected chi connectivity index (χ0v) is 11.0. The first-order chi connectivity index (χ1) is 8.39. The summed E-state index contributed by atoms with van der Waals surface area (Å²) in [5.74, 6) is 1.90. The van der Waals surface area contributed by atoms with Gasteiger partial charge in [-0.1, -0.05) is 19.3 Å². The average Bonchev–Trinajstić information content (AvgIpc) is 2.36. The molecular formula is C15H27NO. The first-order valence-electron chi connectivity index (χ1n) is 7.68. The third kappa shape index (κ3) is 2.53. The number of hydrogen-bond donors (Lipinski definition) is 1. The Morgan fingerprint density at radius 2 is 1.82 bits per heavy atom. The summed E-state index contributed by atoms with van der Waals surface area (Å²) in [6.07, 6.45) is 11.6. The van der Waals surface area contributed by atoms with Crippen LogP contribution in [0.15, 0.2) is 0 Å². The van der Waals surface area contributed by atoms with Gasteiger partial charge in [0.2, 0.25) is 0 Å². The predicted molar refractivity (Wildman–Crippen MR) is 70.0 cm³/mol. The standard InChI is InChI=1S/C15H27NO/c1-2-6-14(7-3-1)15(11-17-12-15)9-13-5-4-8-16-10-13/h13-14,16H,1-12H2. The van der Waals surface area contributed by atoms with Crippen molar-refractivity contribution < 1.29 is 4.74 Å². The molecule has 2 heterocycles. The van der Waals surface area contributed by atoms with E-state index in [2.05, 4.69) is 5.32 Å². The van der Waals surface area contributed by atoms with Crippen molar-refractivity contribution in [3.05, 3.63) is 0 Å². The molecule has 0 aromatic carbocycles. The van der Waals surface area contributed by atoms with Crippen LogP contribution in [0.25, 0.3) is 0 Å². The molecule has 3 aliphatic rings. The minimum atomic E-state index is 0.587. The highest BCUT2D eigenvalue weighted by atomic mass is 16.5. The molecule has 0 amide bonds. The minimum absolute atomic E-state index is 0.587. The maximum atomic E-state index is 5.61. The molecular weight excluding hydrogens is 210 g/mol. The van der Waals surface area contributed by atoms with Crippen molar-refractivity contribution in [3.8, 4) is 0 Å². The summed E-state index contributed by atoms with van der Waals surface area (Å²) < 4.78 is 5.61. The van der Waals surface area contributed by atoms with Crippen LogP contribution in [0.4, 0.5) is 0 Å². The van der Waals surface area contributed by atoms with E-state index < -0.39 is 0 Å². The maximum absolute atomic E-state index is 5.61. The Balaban J connectivity index is 1.60. The van der Waals surface area contributed by atoms with Gasteiger partial charge in [-0.2, -0.15) is 0 Å². The van der Waals surface area contributed by atoms with Crippen LogP contribution in [0.5, 0.6) is 0 Å². The highest BCUT2D eigenvalue weighted by molar-refractivity contribution is 4.95. The van der Waals surface area contributed by atoms with Gasteiger partial charge in [-0.05, 0) is 57.0 Å². The predicted octanol–water partition coefficient (Wildman–Crippen LogP) is 2.97. The van der Waals surface area contributed by atoms with Crippen molar-refractivity contribution in [3.63, 3.8) is 0 Å². The van der Waals surface area contributed by atoms with Gasteiger partial charge in [0, 0.05) is 5.41 Å². The number of nitrogens with one attached hydrogen (secondary N) is 1. The zero-order chi connectivity index (χ0) is 11.6. The molecule has 0 radical (unpaired) electrons. The molecule has 3 fully saturated rings. The second-order valence-corrected chi connectivity index (χ2v) is 6.61. The average molecular weight is 237 g/mol. The highest BCUT2D eigenvalue weighted by Gasteiger charge is 2.46. The molecule has 0 bridgehead atoms. The summed E-state index contributed by atoms with van der Waals surface area (Å²) in [6.45, 7) is 4.63. The van der Waals surface area contributed by atoms with Crippen LogP contribution in [-0.2, 0) is 4.74 Å². The Labute approximate surface area is 105 Å². The van der Waals surface area contributed by atoms with Crippen LogP contribution in [0, 0.1) is 17.3 Å². The van der Waals surface area contributed by atoms with E-state index in [4.69, 9.17) is 4.74 Å². The fourth-order valence-electron chi connectivity index (χ4n) is 4.27. The third-order valence-corrected chi connectivity index (χ3v) is 5.34. The number of piperidine rings is 1. The van der Waals surface area contributed by atoms with Crippen LogP contribution in [0.1, 0.15) is 51.4 Å². The number of rotatable bonds is 3. The second-order valence-electron chi connectivity index (χ2n) is 6.61. The fraction of sp³-hybridized carbons (Fsp3) is 1.00. The molecule has 2 saturated heterocycles. The SMILES string of the molecule is C1CCC(C2(CC3CCCNC3)COC2)CC1. The van der Waals surface area contributed by atoms with E-state index in [9.17, 15) is 0 Å². The zero-order valence-electron chi connectivity index (χ0n) is 11.0. The van der Waals surface area contributed by atoms with E-state index >= 15 is 0 Å². The fourth-order valence-corrected chi connectivity index (χ4v) is 4.27. The second kappa shape index (κ2) is 5.27. The van der Waals surface area contributed by atoms with Crippen molar-refractivity contribution in [1.29, 1.82) is 0 Å². The van der Waals surface area contributed by atoms with Crippen molar-refractivity contribution in [1.82, 2.24) is 5.32 Å². The van der Waals surface area contributed by atoms with E-state index in [0.29, 0.717) is 5.41 Å². The number of hydrogen-bond acceptors (Lipinski definition) is 2. The molecule has 1 unspecified atom stereocenters.